The van der Waals surface area contributed by atoms with Crippen LogP contribution in [0.15, 0.2) is 0 Å². The van der Waals surface area contributed by atoms with Gasteiger partial charge in [-0.2, -0.15) is 5.26 Å². The van der Waals surface area contributed by atoms with Crippen LogP contribution in [0.2, 0.25) is 0 Å². The van der Waals surface area contributed by atoms with Crippen LogP contribution >= 0.6 is 0 Å². The highest BCUT2D eigenvalue weighted by atomic mass is 14.9. The molecule has 0 heterocycles. The van der Waals surface area contributed by atoms with E-state index >= 15 is 0 Å². The molecule has 0 aromatic carbocycles. The summed E-state index contributed by atoms with van der Waals surface area (Å²) in [6.45, 7) is 9.93. The molecule has 0 spiro atoms. The van der Waals surface area contributed by atoms with Crippen molar-refractivity contribution in [1.29, 1.82) is 5.26 Å². The summed E-state index contributed by atoms with van der Waals surface area (Å²) in [6.07, 6.45) is 6.60. The number of hydrogen-bond donors (Lipinski definition) is 1. The monoisotopic (exact) mass is 236 g/mol. The molecular weight excluding hydrogens is 208 g/mol. The molecule has 1 fully saturated rings. The molecule has 0 aromatic heterocycles. The predicted octanol–water partition coefficient (Wildman–Crippen LogP) is 3.73. The van der Waals surface area contributed by atoms with Crippen LogP contribution in [-0.2, 0) is 0 Å². The lowest BCUT2D eigenvalue weighted by Gasteiger charge is -2.29. The van der Waals surface area contributed by atoms with Gasteiger partial charge in [-0.25, -0.2) is 0 Å². The number of nitrogens with one attached hydrogen (secondary N) is 1. The Bertz CT molecular complexity index is 259. The van der Waals surface area contributed by atoms with E-state index in [9.17, 15) is 0 Å². The normalized spacial score (nSPS) is 28.2. The molecule has 0 aliphatic heterocycles. The highest BCUT2D eigenvalue weighted by Crippen LogP contribution is 2.36. The Morgan fingerprint density at radius 1 is 1.24 bits per heavy atom. The minimum atomic E-state index is 0.136. The summed E-state index contributed by atoms with van der Waals surface area (Å²) in [5, 5.41) is 12.3. The highest BCUT2D eigenvalue weighted by molar-refractivity contribution is 4.84. The second kappa shape index (κ2) is 6.40. The summed E-state index contributed by atoms with van der Waals surface area (Å²) in [4.78, 5) is 0. The van der Waals surface area contributed by atoms with Gasteiger partial charge in [0.15, 0.2) is 0 Å². The zero-order valence-corrected chi connectivity index (χ0v) is 11.9. The number of nitrogens with zero attached hydrogens (tertiary/aromatic N) is 1. The van der Waals surface area contributed by atoms with Gasteiger partial charge in [0.05, 0.1) is 12.0 Å². The molecule has 3 atom stereocenters. The third-order valence-corrected chi connectivity index (χ3v) is 4.13. The van der Waals surface area contributed by atoms with Crippen molar-refractivity contribution < 1.29 is 0 Å². The van der Waals surface area contributed by atoms with Gasteiger partial charge in [0.25, 0.3) is 0 Å². The molecule has 1 saturated carbocycles. The Kier molecular flexibility index (Phi) is 5.46. The van der Waals surface area contributed by atoms with Crippen molar-refractivity contribution in [2.45, 2.75) is 65.8 Å². The van der Waals surface area contributed by atoms with E-state index in [0.717, 1.165) is 12.5 Å². The van der Waals surface area contributed by atoms with Crippen molar-refractivity contribution >= 4 is 0 Å². The second-order valence-corrected chi connectivity index (χ2v) is 6.71. The van der Waals surface area contributed by atoms with Gasteiger partial charge in [-0.1, -0.05) is 27.2 Å². The fourth-order valence-electron chi connectivity index (χ4n) is 2.76. The van der Waals surface area contributed by atoms with Gasteiger partial charge in [0, 0.05) is 12.6 Å². The van der Waals surface area contributed by atoms with Gasteiger partial charge < -0.3 is 5.32 Å². The van der Waals surface area contributed by atoms with E-state index in [1.54, 1.807) is 0 Å². The molecule has 2 nitrogen and oxygen atoms in total. The molecule has 3 unspecified atom stereocenters. The Morgan fingerprint density at radius 2 is 1.94 bits per heavy atom. The molecule has 0 radical (unpaired) electrons. The molecule has 1 aliphatic carbocycles. The molecule has 0 amide bonds. The van der Waals surface area contributed by atoms with Crippen LogP contribution in [-0.4, -0.2) is 12.6 Å². The summed E-state index contributed by atoms with van der Waals surface area (Å²) < 4.78 is 0. The lowest BCUT2D eigenvalue weighted by atomic mass is 9.76. The fourth-order valence-corrected chi connectivity index (χ4v) is 2.76. The Balaban J connectivity index is 2.36. The van der Waals surface area contributed by atoms with E-state index < -0.39 is 0 Å². The predicted molar refractivity (Wildman–Crippen MR) is 72.6 cm³/mol. The molecule has 1 rings (SSSR count). The third kappa shape index (κ3) is 5.08. The first-order valence-electron chi connectivity index (χ1n) is 7.06. The molecule has 0 saturated heterocycles. The van der Waals surface area contributed by atoms with Gasteiger partial charge in [-0.15, -0.1) is 0 Å². The lowest BCUT2D eigenvalue weighted by molar-refractivity contribution is 0.213. The molecular formula is C15H28N2. The van der Waals surface area contributed by atoms with Gasteiger partial charge >= 0.3 is 0 Å². The Hall–Kier alpha value is -0.550. The Labute approximate surface area is 107 Å². The van der Waals surface area contributed by atoms with Crippen LogP contribution in [0.5, 0.6) is 0 Å². The summed E-state index contributed by atoms with van der Waals surface area (Å²) >= 11 is 0. The first-order valence-corrected chi connectivity index (χ1v) is 7.06. The maximum absolute atomic E-state index is 8.78. The topological polar surface area (TPSA) is 35.8 Å². The van der Waals surface area contributed by atoms with E-state index in [4.69, 9.17) is 5.26 Å². The van der Waals surface area contributed by atoms with Crippen LogP contribution in [0.4, 0.5) is 0 Å². The van der Waals surface area contributed by atoms with Crippen molar-refractivity contribution in [2.75, 3.05) is 6.54 Å². The molecule has 2 heteroatoms. The summed E-state index contributed by atoms with van der Waals surface area (Å²) in [7, 11) is 0. The van der Waals surface area contributed by atoms with E-state index in [-0.39, 0.29) is 5.92 Å². The highest BCUT2D eigenvalue weighted by Gasteiger charge is 2.27. The van der Waals surface area contributed by atoms with E-state index in [1.807, 2.05) is 6.92 Å². The maximum Gasteiger partial charge on any atom is 0.0666 e. The quantitative estimate of drug-likeness (QED) is 0.758. The van der Waals surface area contributed by atoms with E-state index in [2.05, 4.69) is 32.2 Å². The first-order chi connectivity index (χ1) is 7.93. The first kappa shape index (κ1) is 14.5. The van der Waals surface area contributed by atoms with Crippen molar-refractivity contribution in [3.05, 3.63) is 0 Å². The van der Waals surface area contributed by atoms with Gasteiger partial charge in [-0.3, -0.25) is 0 Å². The molecule has 98 valence electrons. The minimum Gasteiger partial charge on any atom is -0.313 e. The average molecular weight is 236 g/mol. The van der Waals surface area contributed by atoms with Crippen LogP contribution < -0.4 is 5.32 Å². The van der Waals surface area contributed by atoms with Crippen molar-refractivity contribution in [2.24, 2.45) is 17.3 Å². The number of rotatable bonds is 3. The zero-order valence-electron chi connectivity index (χ0n) is 11.9. The van der Waals surface area contributed by atoms with Gasteiger partial charge in [-0.05, 0) is 43.9 Å². The van der Waals surface area contributed by atoms with Crippen molar-refractivity contribution in [3.8, 4) is 6.07 Å². The van der Waals surface area contributed by atoms with Crippen LogP contribution in [0, 0.1) is 28.6 Å². The third-order valence-electron chi connectivity index (χ3n) is 4.13. The molecule has 1 aliphatic rings. The fraction of sp³-hybridized carbons (Fsp3) is 0.933. The van der Waals surface area contributed by atoms with E-state index in [0.29, 0.717) is 11.5 Å². The minimum absolute atomic E-state index is 0.136. The average Bonchev–Trinajstić information content (AvgIpc) is 2.50. The Morgan fingerprint density at radius 3 is 2.53 bits per heavy atom. The van der Waals surface area contributed by atoms with Crippen LogP contribution in [0.25, 0.3) is 0 Å². The molecule has 0 bridgehead atoms. The molecule has 1 N–H and O–H groups in total. The van der Waals surface area contributed by atoms with Gasteiger partial charge in [0.1, 0.15) is 0 Å². The van der Waals surface area contributed by atoms with Crippen LogP contribution in [0.3, 0.4) is 0 Å². The molecule has 17 heavy (non-hydrogen) atoms. The molecule has 0 aromatic rings. The summed E-state index contributed by atoms with van der Waals surface area (Å²) in [5.74, 6) is 0.999. The lowest BCUT2D eigenvalue weighted by Crippen LogP contribution is -2.32. The number of nitriles is 1. The summed E-state index contributed by atoms with van der Waals surface area (Å²) in [5.41, 5.74) is 0.453. The summed E-state index contributed by atoms with van der Waals surface area (Å²) in [6, 6.07) is 2.93. The second-order valence-electron chi connectivity index (χ2n) is 6.71. The smallest absolute Gasteiger partial charge is 0.0666 e. The number of hydrogen-bond acceptors (Lipinski definition) is 2. The SMILES string of the molecule is CC(C#N)CNC1CCCC(C(C)(C)C)CC1. The van der Waals surface area contributed by atoms with Crippen LogP contribution in [0.1, 0.15) is 59.8 Å². The maximum atomic E-state index is 8.78. The van der Waals surface area contributed by atoms with E-state index in [1.165, 1.54) is 32.1 Å². The standard InChI is InChI=1S/C15H28N2/c1-12(10-16)11-17-14-7-5-6-13(8-9-14)15(2,3)4/h12-14,17H,5-9,11H2,1-4H3. The van der Waals surface area contributed by atoms with Gasteiger partial charge in [0.2, 0.25) is 0 Å². The largest absolute Gasteiger partial charge is 0.313 e. The van der Waals surface area contributed by atoms with Crippen molar-refractivity contribution in [3.63, 3.8) is 0 Å². The zero-order chi connectivity index (χ0) is 12.9. The van der Waals surface area contributed by atoms with Crippen molar-refractivity contribution in [1.82, 2.24) is 5.32 Å².